The zero-order valence-electron chi connectivity index (χ0n) is 16.2. The van der Waals surface area contributed by atoms with Gasteiger partial charge >= 0.3 is 0 Å². The number of fused-ring (bicyclic) bond motifs is 1. The lowest BCUT2D eigenvalue weighted by molar-refractivity contribution is 0.973. The summed E-state index contributed by atoms with van der Waals surface area (Å²) in [5, 5.41) is 22.7. The number of nitriles is 1. The summed E-state index contributed by atoms with van der Waals surface area (Å²) in [6.07, 6.45) is 0. The summed E-state index contributed by atoms with van der Waals surface area (Å²) >= 11 is 12.2. The number of halogens is 2. The zero-order valence-corrected chi connectivity index (χ0v) is 17.7. The fraction of sp³-hybridized carbons (Fsp3) is 0.0400. The van der Waals surface area contributed by atoms with E-state index >= 15 is 0 Å². The van der Waals surface area contributed by atoms with Crippen molar-refractivity contribution in [3.05, 3.63) is 111 Å². The van der Waals surface area contributed by atoms with E-state index in [0.29, 0.717) is 21.4 Å². The molecule has 0 saturated heterocycles. The van der Waals surface area contributed by atoms with Crippen LogP contribution in [0.25, 0.3) is 17.0 Å². The third kappa shape index (κ3) is 3.48. The molecule has 1 atom stereocenters. The van der Waals surface area contributed by atoms with Crippen LogP contribution in [0, 0.1) is 11.3 Å². The van der Waals surface area contributed by atoms with Gasteiger partial charge in [-0.15, -0.1) is 0 Å². The monoisotopic (exact) mass is 442 g/mol. The van der Waals surface area contributed by atoms with Crippen LogP contribution >= 0.6 is 23.2 Å². The Bertz CT molecular complexity index is 1310. The molecule has 4 aromatic rings. The van der Waals surface area contributed by atoms with Gasteiger partial charge in [0.05, 0.1) is 29.0 Å². The Morgan fingerprint density at radius 3 is 2.10 bits per heavy atom. The summed E-state index contributed by atoms with van der Waals surface area (Å²) in [6, 6.07) is 27.5. The molecule has 0 bridgehead atoms. The molecular weight excluding hydrogens is 427 g/mol. The lowest BCUT2D eigenvalue weighted by atomic mass is 9.80. The van der Waals surface area contributed by atoms with E-state index in [4.69, 9.17) is 23.2 Å². The predicted molar refractivity (Wildman–Crippen MR) is 125 cm³/mol. The minimum atomic E-state index is -0.307. The van der Waals surface area contributed by atoms with Gasteiger partial charge in [0, 0.05) is 21.2 Å². The maximum absolute atomic E-state index is 10.2. The fourth-order valence-electron chi connectivity index (χ4n) is 3.98. The molecule has 0 fully saturated rings. The second-order valence-corrected chi connectivity index (χ2v) is 8.12. The van der Waals surface area contributed by atoms with Crippen molar-refractivity contribution in [2.75, 3.05) is 5.32 Å². The van der Waals surface area contributed by atoms with Gasteiger partial charge in [0.1, 0.15) is 0 Å². The van der Waals surface area contributed by atoms with Gasteiger partial charge < -0.3 is 5.32 Å². The Balaban J connectivity index is 1.76. The third-order valence-corrected chi connectivity index (χ3v) is 5.92. The predicted octanol–water partition coefficient (Wildman–Crippen LogP) is 6.88. The summed E-state index contributed by atoms with van der Waals surface area (Å²) in [5.41, 5.74) is 5.98. The Kier molecular flexibility index (Phi) is 4.99. The summed E-state index contributed by atoms with van der Waals surface area (Å²) in [4.78, 5) is 0. The van der Waals surface area contributed by atoms with Crippen LogP contribution in [0.4, 0.5) is 5.82 Å². The smallest absolute Gasteiger partial charge is 0.157 e. The van der Waals surface area contributed by atoms with E-state index in [1.54, 1.807) is 0 Å². The van der Waals surface area contributed by atoms with Gasteiger partial charge in [-0.2, -0.15) is 10.4 Å². The maximum atomic E-state index is 10.2. The van der Waals surface area contributed by atoms with Gasteiger partial charge in [-0.1, -0.05) is 77.8 Å². The number of aromatic nitrogens is 2. The Morgan fingerprint density at radius 2 is 1.45 bits per heavy atom. The normalized spacial score (nSPS) is 15.2. The minimum absolute atomic E-state index is 0.307. The summed E-state index contributed by atoms with van der Waals surface area (Å²) < 4.78 is 0. The van der Waals surface area contributed by atoms with E-state index in [9.17, 15) is 5.26 Å². The first-order valence-corrected chi connectivity index (χ1v) is 10.5. The highest BCUT2D eigenvalue weighted by atomic mass is 35.5. The van der Waals surface area contributed by atoms with Crippen molar-refractivity contribution in [1.82, 2.24) is 10.2 Å². The van der Waals surface area contributed by atoms with Crippen LogP contribution in [0.15, 0.2) is 84.4 Å². The van der Waals surface area contributed by atoms with Crippen molar-refractivity contribution in [2.24, 2.45) is 0 Å². The Hall–Kier alpha value is -3.52. The molecule has 150 valence electrons. The first-order chi connectivity index (χ1) is 15.2. The highest BCUT2D eigenvalue weighted by Gasteiger charge is 2.34. The summed E-state index contributed by atoms with van der Waals surface area (Å²) in [7, 11) is 0. The second-order valence-electron chi connectivity index (χ2n) is 7.24. The minimum Gasteiger partial charge on any atom is -0.337 e. The number of H-pyrrole nitrogens is 1. The van der Waals surface area contributed by atoms with Crippen LogP contribution in [0.5, 0.6) is 0 Å². The SMILES string of the molecule is N#CC1=C(c2ccccc2)Nc2n[nH]c(-c3ccc(Cl)cc3)c2C1c1ccc(Cl)cc1. The summed E-state index contributed by atoms with van der Waals surface area (Å²) in [5.74, 6) is 0.390. The average Bonchev–Trinajstić information content (AvgIpc) is 3.23. The van der Waals surface area contributed by atoms with Crippen molar-refractivity contribution in [1.29, 1.82) is 5.26 Å². The quantitative estimate of drug-likeness (QED) is 0.363. The molecule has 2 N–H and O–H groups in total. The van der Waals surface area contributed by atoms with Crippen molar-refractivity contribution < 1.29 is 0 Å². The molecule has 0 aliphatic carbocycles. The van der Waals surface area contributed by atoms with Gasteiger partial charge in [0.25, 0.3) is 0 Å². The van der Waals surface area contributed by atoms with Gasteiger partial charge in [-0.25, -0.2) is 0 Å². The number of rotatable bonds is 3. The van der Waals surface area contributed by atoms with E-state index in [2.05, 4.69) is 21.6 Å². The molecule has 1 unspecified atom stereocenters. The molecule has 3 aromatic carbocycles. The largest absolute Gasteiger partial charge is 0.337 e. The topological polar surface area (TPSA) is 64.5 Å². The number of hydrogen-bond acceptors (Lipinski definition) is 3. The molecule has 4 nitrogen and oxygen atoms in total. The molecule has 31 heavy (non-hydrogen) atoms. The van der Waals surface area contributed by atoms with Crippen LogP contribution < -0.4 is 5.32 Å². The van der Waals surface area contributed by atoms with Gasteiger partial charge in [-0.3, -0.25) is 5.10 Å². The number of anilines is 1. The fourth-order valence-corrected chi connectivity index (χ4v) is 4.23. The molecule has 1 aromatic heterocycles. The molecular formula is C25H16Cl2N4. The van der Waals surface area contributed by atoms with Gasteiger partial charge in [0.15, 0.2) is 5.82 Å². The van der Waals surface area contributed by atoms with Crippen LogP contribution in [-0.4, -0.2) is 10.2 Å². The molecule has 5 rings (SSSR count). The number of benzene rings is 3. The van der Waals surface area contributed by atoms with E-state index in [-0.39, 0.29) is 5.92 Å². The molecule has 0 amide bonds. The van der Waals surface area contributed by atoms with Gasteiger partial charge in [-0.05, 0) is 35.4 Å². The standard InChI is InChI=1S/C25H16Cl2N4/c26-18-10-6-15(7-11-18)21-20(14-28)23(16-4-2-1-3-5-16)29-25-22(21)24(30-31-25)17-8-12-19(27)13-9-17/h1-13,21H,(H2,29,30,31). The molecule has 1 aliphatic rings. The molecule has 1 aliphatic heterocycles. The molecule has 0 radical (unpaired) electrons. The van der Waals surface area contributed by atoms with E-state index < -0.39 is 0 Å². The highest BCUT2D eigenvalue weighted by molar-refractivity contribution is 6.30. The van der Waals surface area contributed by atoms with Crippen molar-refractivity contribution >= 4 is 34.7 Å². The third-order valence-electron chi connectivity index (χ3n) is 5.41. The summed E-state index contributed by atoms with van der Waals surface area (Å²) in [6.45, 7) is 0. The number of allylic oxidation sites excluding steroid dienone is 1. The second kappa shape index (κ2) is 7.96. The lowest BCUT2D eigenvalue weighted by Gasteiger charge is -2.27. The number of aromatic amines is 1. The first-order valence-electron chi connectivity index (χ1n) is 9.72. The van der Waals surface area contributed by atoms with Crippen LogP contribution in [-0.2, 0) is 0 Å². The highest BCUT2D eigenvalue weighted by Crippen LogP contribution is 2.47. The maximum Gasteiger partial charge on any atom is 0.157 e. The number of hydrogen-bond donors (Lipinski definition) is 2. The zero-order chi connectivity index (χ0) is 21.4. The molecule has 6 heteroatoms. The number of nitrogens with zero attached hydrogens (tertiary/aromatic N) is 2. The van der Waals surface area contributed by atoms with E-state index in [1.165, 1.54) is 0 Å². The van der Waals surface area contributed by atoms with Gasteiger partial charge in [0.2, 0.25) is 0 Å². The molecule has 0 spiro atoms. The Morgan fingerprint density at radius 1 is 0.806 bits per heavy atom. The van der Waals surface area contributed by atoms with Crippen LogP contribution in [0.1, 0.15) is 22.6 Å². The van der Waals surface area contributed by atoms with Crippen molar-refractivity contribution in [3.63, 3.8) is 0 Å². The van der Waals surface area contributed by atoms with Crippen LogP contribution in [0.3, 0.4) is 0 Å². The lowest BCUT2D eigenvalue weighted by Crippen LogP contribution is -2.17. The first kappa shape index (κ1) is 19.4. The van der Waals surface area contributed by atoms with E-state index in [0.717, 1.165) is 33.6 Å². The molecule has 2 heterocycles. The average molecular weight is 443 g/mol. The number of nitrogens with one attached hydrogen (secondary N) is 2. The van der Waals surface area contributed by atoms with Crippen molar-refractivity contribution in [2.45, 2.75) is 5.92 Å². The molecule has 0 saturated carbocycles. The Labute approximate surface area is 189 Å². The van der Waals surface area contributed by atoms with E-state index in [1.807, 2.05) is 78.9 Å². The van der Waals surface area contributed by atoms with Crippen LogP contribution in [0.2, 0.25) is 10.0 Å². The van der Waals surface area contributed by atoms with Crippen molar-refractivity contribution in [3.8, 4) is 17.3 Å².